The van der Waals surface area contributed by atoms with Crippen molar-refractivity contribution in [1.82, 2.24) is 10.2 Å². The Bertz CT molecular complexity index is 1150. The Labute approximate surface area is 207 Å². The number of methoxy groups -OCH3 is 1. The number of hydrogen-bond acceptors (Lipinski definition) is 9. The molecular weight excluding hydrogens is 472 g/mol. The van der Waals surface area contributed by atoms with Crippen molar-refractivity contribution in [3.8, 4) is 11.5 Å². The second-order valence-electron chi connectivity index (χ2n) is 9.92. The van der Waals surface area contributed by atoms with Gasteiger partial charge in [-0.3, -0.25) is 9.59 Å². The number of esters is 1. The van der Waals surface area contributed by atoms with Gasteiger partial charge in [0.2, 0.25) is 5.91 Å². The van der Waals surface area contributed by atoms with Gasteiger partial charge in [-0.15, -0.1) is 0 Å². The molecule has 1 amide bonds. The number of rotatable bonds is 8. The summed E-state index contributed by atoms with van der Waals surface area (Å²) in [5, 5.41) is 32.5. The minimum absolute atomic E-state index is 0.0804. The highest BCUT2D eigenvalue weighted by Gasteiger charge is 2.72. The SMILES string of the molecule is COc1ccc2c3c1O[C@H]1C(OC(=O)CCNC(=O)CC(O)C(=O)O)=CC[C@@]4(O)[C@@H](C2)N(C)CC[C@]314. The number of hydrogen-bond donors (Lipinski definition) is 4. The van der Waals surface area contributed by atoms with E-state index in [1.807, 2.05) is 19.2 Å². The Kier molecular flexibility index (Phi) is 5.97. The second-order valence-corrected chi connectivity index (χ2v) is 9.92. The lowest BCUT2D eigenvalue weighted by Crippen LogP contribution is -2.74. The summed E-state index contributed by atoms with van der Waals surface area (Å²) in [4.78, 5) is 37.3. The van der Waals surface area contributed by atoms with Crippen molar-refractivity contribution in [3.63, 3.8) is 0 Å². The van der Waals surface area contributed by atoms with Crippen molar-refractivity contribution in [2.24, 2.45) is 0 Å². The monoisotopic (exact) mass is 502 g/mol. The fourth-order valence-corrected chi connectivity index (χ4v) is 6.41. The maximum atomic E-state index is 12.7. The number of nitrogens with one attached hydrogen (secondary N) is 1. The van der Waals surface area contributed by atoms with Gasteiger partial charge in [0.05, 0.1) is 31.0 Å². The van der Waals surface area contributed by atoms with Gasteiger partial charge in [0.1, 0.15) is 5.76 Å². The number of carbonyl (C=O) groups is 3. The Hall–Kier alpha value is -3.15. The normalized spacial score (nSPS) is 30.4. The predicted octanol–water partition coefficient (Wildman–Crippen LogP) is -0.142. The van der Waals surface area contributed by atoms with Crippen LogP contribution in [-0.2, 0) is 31.0 Å². The summed E-state index contributed by atoms with van der Waals surface area (Å²) in [5.74, 6) is -1.32. The lowest BCUT2D eigenvalue weighted by Gasteiger charge is -2.61. The minimum Gasteiger partial charge on any atom is -0.493 e. The second kappa shape index (κ2) is 8.75. The molecule has 4 N–H and O–H groups in total. The Morgan fingerprint density at radius 1 is 1.33 bits per heavy atom. The smallest absolute Gasteiger partial charge is 0.333 e. The number of piperidine rings is 1. The number of likely N-dealkylation sites (N-methyl/N-ethyl adjacent to an activating group) is 1. The Morgan fingerprint density at radius 2 is 2.11 bits per heavy atom. The molecule has 1 fully saturated rings. The maximum Gasteiger partial charge on any atom is 0.333 e. The summed E-state index contributed by atoms with van der Waals surface area (Å²) in [6.07, 6.45) is 0.0268. The van der Waals surface area contributed by atoms with Crippen LogP contribution in [0.4, 0.5) is 0 Å². The maximum absolute atomic E-state index is 12.7. The highest BCUT2D eigenvalue weighted by molar-refractivity contribution is 5.83. The van der Waals surface area contributed by atoms with E-state index in [0.717, 1.165) is 17.7 Å². The molecule has 2 heterocycles. The number of ether oxygens (including phenoxy) is 3. The molecule has 1 aromatic rings. The highest BCUT2D eigenvalue weighted by atomic mass is 16.6. The van der Waals surface area contributed by atoms with Crippen molar-refractivity contribution in [3.05, 3.63) is 35.1 Å². The molecular formula is C25H30N2O9. The summed E-state index contributed by atoms with van der Waals surface area (Å²) in [6, 6.07) is 3.76. The summed E-state index contributed by atoms with van der Waals surface area (Å²) in [6.45, 7) is 0.668. The van der Waals surface area contributed by atoms with E-state index in [9.17, 15) is 24.6 Å². The van der Waals surface area contributed by atoms with E-state index < -0.39 is 47.5 Å². The zero-order valence-corrected chi connectivity index (χ0v) is 20.2. The summed E-state index contributed by atoms with van der Waals surface area (Å²) >= 11 is 0. The van der Waals surface area contributed by atoms with Crippen molar-refractivity contribution in [2.75, 3.05) is 27.2 Å². The third-order valence-electron chi connectivity index (χ3n) is 8.10. The molecule has 5 rings (SSSR count). The van der Waals surface area contributed by atoms with Crippen molar-refractivity contribution >= 4 is 17.8 Å². The molecule has 2 bridgehead atoms. The number of likely N-dealkylation sites (tertiary alicyclic amines) is 1. The fourth-order valence-electron chi connectivity index (χ4n) is 6.41. The van der Waals surface area contributed by atoms with Gasteiger partial charge in [0.25, 0.3) is 0 Å². The third-order valence-corrected chi connectivity index (χ3v) is 8.10. The van der Waals surface area contributed by atoms with Crippen LogP contribution in [0.1, 0.15) is 36.8 Å². The van der Waals surface area contributed by atoms with Gasteiger partial charge in [-0.2, -0.15) is 0 Å². The Morgan fingerprint density at radius 3 is 2.83 bits per heavy atom. The van der Waals surface area contributed by atoms with E-state index in [-0.39, 0.29) is 19.0 Å². The van der Waals surface area contributed by atoms with E-state index in [2.05, 4.69) is 10.2 Å². The molecule has 1 unspecified atom stereocenters. The van der Waals surface area contributed by atoms with Crippen LogP contribution >= 0.6 is 0 Å². The zero-order chi connectivity index (χ0) is 25.8. The molecule has 36 heavy (non-hydrogen) atoms. The van der Waals surface area contributed by atoms with Crippen LogP contribution in [0, 0.1) is 0 Å². The number of aliphatic carboxylic acids is 1. The topological polar surface area (TPSA) is 155 Å². The molecule has 0 aromatic heterocycles. The molecule has 2 aliphatic heterocycles. The summed E-state index contributed by atoms with van der Waals surface area (Å²) in [5.41, 5.74) is 0.134. The van der Waals surface area contributed by atoms with Crippen LogP contribution < -0.4 is 14.8 Å². The van der Waals surface area contributed by atoms with E-state index in [1.165, 1.54) is 0 Å². The molecule has 1 spiro atoms. The molecule has 0 radical (unpaired) electrons. The number of nitrogens with zero attached hydrogens (tertiary/aromatic N) is 1. The number of carboxylic acid groups (broad SMARTS) is 1. The quantitative estimate of drug-likeness (QED) is 0.353. The molecule has 11 nitrogen and oxygen atoms in total. The lowest BCUT2D eigenvalue weighted by atomic mass is 9.50. The van der Waals surface area contributed by atoms with Crippen LogP contribution in [0.25, 0.3) is 0 Å². The summed E-state index contributed by atoms with van der Waals surface area (Å²) in [7, 11) is 3.58. The van der Waals surface area contributed by atoms with Gasteiger partial charge in [-0.1, -0.05) is 6.07 Å². The van der Waals surface area contributed by atoms with Crippen molar-refractivity contribution in [1.29, 1.82) is 0 Å². The molecule has 0 saturated carbocycles. The highest BCUT2D eigenvalue weighted by Crippen LogP contribution is 2.65. The van der Waals surface area contributed by atoms with E-state index in [1.54, 1.807) is 13.2 Å². The molecule has 11 heteroatoms. The minimum atomic E-state index is -1.81. The average Bonchev–Trinajstić information content (AvgIpc) is 3.18. The molecule has 194 valence electrons. The number of carboxylic acids is 1. The van der Waals surface area contributed by atoms with Crippen LogP contribution in [-0.4, -0.2) is 89.2 Å². The van der Waals surface area contributed by atoms with Crippen LogP contribution in [0.15, 0.2) is 24.0 Å². The first-order valence-corrected chi connectivity index (χ1v) is 12.0. The van der Waals surface area contributed by atoms with Gasteiger partial charge in [-0.25, -0.2) is 4.79 Å². The van der Waals surface area contributed by atoms with E-state index in [4.69, 9.17) is 19.3 Å². The van der Waals surface area contributed by atoms with Gasteiger partial charge in [0.15, 0.2) is 23.7 Å². The number of aliphatic hydroxyl groups excluding tert-OH is 1. The zero-order valence-electron chi connectivity index (χ0n) is 20.2. The van der Waals surface area contributed by atoms with Gasteiger partial charge in [0, 0.05) is 24.6 Å². The first-order valence-electron chi connectivity index (χ1n) is 12.0. The largest absolute Gasteiger partial charge is 0.493 e. The van der Waals surface area contributed by atoms with Crippen molar-refractivity contribution in [2.45, 2.75) is 61.4 Å². The summed E-state index contributed by atoms with van der Waals surface area (Å²) < 4.78 is 17.7. The van der Waals surface area contributed by atoms with Gasteiger partial charge >= 0.3 is 11.9 Å². The van der Waals surface area contributed by atoms with Gasteiger partial charge in [-0.05, 0) is 44.1 Å². The van der Waals surface area contributed by atoms with Gasteiger partial charge < -0.3 is 39.7 Å². The molecule has 1 saturated heterocycles. The van der Waals surface area contributed by atoms with Crippen molar-refractivity contribution < 1.29 is 43.9 Å². The Balaban J connectivity index is 1.36. The molecule has 2 aliphatic carbocycles. The average molecular weight is 503 g/mol. The first kappa shape index (κ1) is 24.5. The van der Waals surface area contributed by atoms with Crippen LogP contribution in [0.2, 0.25) is 0 Å². The van der Waals surface area contributed by atoms with Crippen LogP contribution in [0.3, 0.4) is 0 Å². The molecule has 4 aliphatic rings. The van der Waals surface area contributed by atoms with E-state index >= 15 is 0 Å². The lowest BCUT2D eigenvalue weighted by molar-refractivity contribution is -0.169. The first-order chi connectivity index (χ1) is 17.1. The number of benzene rings is 1. The molecule has 5 atom stereocenters. The fraction of sp³-hybridized carbons (Fsp3) is 0.560. The van der Waals surface area contributed by atoms with Crippen LogP contribution in [0.5, 0.6) is 11.5 Å². The van der Waals surface area contributed by atoms with E-state index in [0.29, 0.717) is 36.5 Å². The third kappa shape index (κ3) is 3.48. The number of amides is 1. The predicted molar refractivity (Wildman–Crippen MR) is 123 cm³/mol. The molecule has 1 aromatic carbocycles. The number of carbonyl (C=O) groups excluding carboxylic acids is 2. The standard InChI is InChI=1S/C25H30N2O9/c1-27-10-8-24-20-13-3-4-15(34-2)21(20)36-22(24)16(5-7-25(24,33)17(27)11-13)35-19(30)6-9-26-18(29)12-14(28)23(31)32/h3-5,14,17,22,28,33H,6-12H2,1-2H3,(H,26,29)(H,31,32)/t14?,17-,22+,24+,25-/m1/s1. The number of aliphatic hydroxyl groups is 2.